The van der Waals surface area contributed by atoms with Crippen LogP contribution in [0.3, 0.4) is 0 Å². The van der Waals surface area contributed by atoms with Gasteiger partial charge >= 0.3 is 5.97 Å². The fourth-order valence-electron chi connectivity index (χ4n) is 1.93. The van der Waals surface area contributed by atoms with Gasteiger partial charge < -0.3 is 20.5 Å². The Hall–Kier alpha value is -2.69. The molecule has 0 saturated carbocycles. The quantitative estimate of drug-likeness (QED) is 0.837. The van der Waals surface area contributed by atoms with Crippen molar-refractivity contribution in [3.63, 3.8) is 0 Å². The van der Waals surface area contributed by atoms with Crippen molar-refractivity contribution in [2.75, 3.05) is 24.8 Å². The van der Waals surface area contributed by atoms with E-state index < -0.39 is 5.97 Å². The fourth-order valence-corrected chi connectivity index (χ4v) is 1.93. The number of carboxylic acids is 1. The van der Waals surface area contributed by atoms with Gasteiger partial charge in [-0.3, -0.25) is 0 Å². The average Bonchev–Trinajstić information content (AvgIpc) is 2.46. The zero-order chi connectivity index (χ0) is 14.7. The fraction of sp³-hybridized carbons (Fsp3) is 0.133. The van der Waals surface area contributed by atoms with E-state index in [0.717, 1.165) is 11.4 Å². The van der Waals surface area contributed by atoms with E-state index in [0.29, 0.717) is 11.4 Å². The van der Waals surface area contributed by atoms with Crippen LogP contribution in [0.1, 0.15) is 10.4 Å². The summed E-state index contributed by atoms with van der Waals surface area (Å²) in [5, 5.41) is 9.06. The predicted molar refractivity (Wildman–Crippen MR) is 78.9 cm³/mol. The van der Waals surface area contributed by atoms with Crippen molar-refractivity contribution in [3.05, 3.63) is 48.0 Å². The summed E-state index contributed by atoms with van der Waals surface area (Å²) in [6.07, 6.45) is 0. The molecule has 20 heavy (non-hydrogen) atoms. The van der Waals surface area contributed by atoms with Crippen molar-refractivity contribution in [3.8, 4) is 5.75 Å². The molecule has 0 atom stereocenters. The van der Waals surface area contributed by atoms with Crippen molar-refractivity contribution in [2.24, 2.45) is 0 Å². The molecule has 0 aromatic heterocycles. The van der Waals surface area contributed by atoms with Crippen LogP contribution in [0.15, 0.2) is 42.5 Å². The Bertz CT molecular complexity index is 641. The molecule has 0 radical (unpaired) electrons. The number of rotatable bonds is 4. The number of methoxy groups -OCH3 is 1. The van der Waals surface area contributed by atoms with Gasteiger partial charge in [0, 0.05) is 18.8 Å². The van der Waals surface area contributed by atoms with Crippen molar-refractivity contribution in [2.45, 2.75) is 0 Å². The monoisotopic (exact) mass is 272 g/mol. The van der Waals surface area contributed by atoms with Crippen LogP contribution in [0.5, 0.6) is 5.75 Å². The highest BCUT2D eigenvalue weighted by Crippen LogP contribution is 2.31. The van der Waals surface area contributed by atoms with E-state index in [-0.39, 0.29) is 5.56 Å². The first kappa shape index (κ1) is 13.7. The molecule has 5 nitrogen and oxygen atoms in total. The third-order valence-electron chi connectivity index (χ3n) is 3.08. The lowest BCUT2D eigenvalue weighted by molar-refractivity contribution is 0.0697. The van der Waals surface area contributed by atoms with Gasteiger partial charge in [-0.2, -0.15) is 0 Å². The van der Waals surface area contributed by atoms with Crippen LogP contribution in [0, 0.1) is 0 Å². The van der Waals surface area contributed by atoms with Crippen LogP contribution in [0.4, 0.5) is 17.1 Å². The van der Waals surface area contributed by atoms with E-state index in [1.807, 2.05) is 36.2 Å². The van der Waals surface area contributed by atoms with Crippen LogP contribution >= 0.6 is 0 Å². The van der Waals surface area contributed by atoms with E-state index in [9.17, 15) is 4.79 Å². The first-order valence-corrected chi connectivity index (χ1v) is 6.03. The smallest absolute Gasteiger partial charge is 0.335 e. The summed E-state index contributed by atoms with van der Waals surface area (Å²) in [7, 11) is 3.42. The molecule has 0 unspecified atom stereocenters. The zero-order valence-electron chi connectivity index (χ0n) is 11.3. The van der Waals surface area contributed by atoms with E-state index in [1.165, 1.54) is 6.07 Å². The molecule has 3 N–H and O–H groups in total. The van der Waals surface area contributed by atoms with Crippen LogP contribution < -0.4 is 15.4 Å². The van der Waals surface area contributed by atoms with E-state index in [1.54, 1.807) is 19.2 Å². The van der Waals surface area contributed by atoms with E-state index in [4.69, 9.17) is 15.6 Å². The summed E-state index contributed by atoms with van der Waals surface area (Å²) < 4.78 is 5.18. The van der Waals surface area contributed by atoms with Gasteiger partial charge in [-0.1, -0.05) is 6.07 Å². The Morgan fingerprint density at radius 3 is 2.65 bits per heavy atom. The molecule has 5 heteroatoms. The number of nitrogen functional groups attached to an aromatic ring is 1. The number of carbonyl (C=O) groups is 1. The van der Waals surface area contributed by atoms with Gasteiger partial charge in [0.15, 0.2) is 0 Å². The molecular formula is C15H16N2O3. The largest absolute Gasteiger partial charge is 0.497 e. The molecule has 0 amide bonds. The zero-order valence-corrected chi connectivity index (χ0v) is 11.3. The maximum atomic E-state index is 11.0. The van der Waals surface area contributed by atoms with Gasteiger partial charge in [-0.05, 0) is 30.3 Å². The van der Waals surface area contributed by atoms with Gasteiger partial charge in [0.2, 0.25) is 0 Å². The molecule has 2 aromatic carbocycles. The minimum absolute atomic E-state index is 0.198. The summed E-state index contributed by atoms with van der Waals surface area (Å²) >= 11 is 0. The third-order valence-corrected chi connectivity index (χ3v) is 3.08. The molecule has 0 saturated heterocycles. The van der Waals surface area contributed by atoms with Gasteiger partial charge in [-0.25, -0.2) is 4.79 Å². The third kappa shape index (κ3) is 2.66. The molecule has 0 spiro atoms. The highest BCUT2D eigenvalue weighted by molar-refractivity contribution is 5.91. The summed E-state index contributed by atoms with van der Waals surface area (Å²) in [5.74, 6) is -0.257. The highest BCUT2D eigenvalue weighted by atomic mass is 16.5. The number of carboxylic acid groups (broad SMARTS) is 1. The number of benzene rings is 2. The normalized spacial score (nSPS) is 10.1. The minimum atomic E-state index is -0.981. The first-order chi connectivity index (χ1) is 9.52. The molecule has 104 valence electrons. The summed E-state index contributed by atoms with van der Waals surface area (Å²) in [6.45, 7) is 0. The van der Waals surface area contributed by atoms with Crippen molar-refractivity contribution >= 4 is 23.0 Å². The lowest BCUT2D eigenvalue weighted by Gasteiger charge is -2.22. The maximum Gasteiger partial charge on any atom is 0.335 e. The number of nitrogens with zero attached hydrogens (tertiary/aromatic N) is 1. The second-order valence-electron chi connectivity index (χ2n) is 4.34. The maximum absolute atomic E-state index is 11.0. The summed E-state index contributed by atoms with van der Waals surface area (Å²) in [6, 6.07) is 12.1. The molecule has 0 bridgehead atoms. The number of hydrogen-bond acceptors (Lipinski definition) is 4. The highest BCUT2D eigenvalue weighted by Gasteiger charge is 2.12. The van der Waals surface area contributed by atoms with E-state index in [2.05, 4.69) is 0 Å². The first-order valence-electron chi connectivity index (χ1n) is 6.03. The standard InChI is InChI=1S/C15H16N2O3/c1-17(11-4-3-5-12(9-11)20-2)14-8-10(15(18)19)6-7-13(14)16/h3-9H,16H2,1-2H3,(H,18,19). The second-order valence-corrected chi connectivity index (χ2v) is 4.34. The summed E-state index contributed by atoms with van der Waals surface area (Å²) in [5.41, 5.74) is 8.14. The number of hydrogen-bond donors (Lipinski definition) is 2. The molecule has 0 fully saturated rings. The molecule has 0 heterocycles. The Kier molecular flexibility index (Phi) is 3.79. The lowest BCUT2D eigenvalue weighted by atomic mass is 10.1. The molecular weight excluding hydrogens is 256 g/mol. The topological polar surface area (TPSA) is 75.8 Å². The molecule has 0 aliphatic carbocycles. The van der Waals surface area contributed by atoms with Gasteiger partial charge in [-0.15, -0.1) is 0 Å². The predicted octanol–water partition coefficient (Wildman–Crippen LogP) is 2.74. The Morgan fingerprint density at radius 2 is 2.00 bits per heavy atom. The molecule has 2 rings (SSSR count). The van der Waals surface area contributed by atoms with Gasteiger partial charge in [0.05, 0.1) is 24.0 Å². The number of anilines is 3. The van der Waals surface area contributed by atoms with Crippen molar-refractivity contribution in [1.29, 1.82) is 0 Å². The van der Waals surface area contributed by atoms with Crippen LogP contribution in [0.2, 0.25) is 0 Å². The van der Waals surface area contributed by atoms with E-state index >= 15 is 0 Å². The number of ether oxygens (including phenoxy) is 1. The SMILES string of the molecule is COc1cccc(N(C)c2cc(C(=O)O)ccc2N)c1. The van der Waals surface area contributed by atoms with Crippen molar-refractivity contribution in [1.82, 2.24) is 0 Å². The average molecular weight is 272 g/mol. The number of nitrogens with two attached hydrogens (primary N) is 1. The second kappa shape index (κ2) is 5.52. The minimum Gasteiger partial charge on any atom is -0.497 e. The van der Waals surface area contributed by atoms with Crippen LogP contribution in [0.25, 0.3) is 0 Å². The Morgan fingerprint density at radius 1 is 1.25 bits per heavy atom. The lowest BCUT2D eigenvalue weighted by Crippen LogP contribution is -2.12. The van der Waals surface area contributed by atoms with Gasteiger partial charge in [0.25, 0.3) is 0 Å². The van der Waals surface area contributed by atoms with Crippen LogP contribution in [-0.4, -0.2) is 25.2 Å². The van der Waals surface area contributed by atoms with Gasteiger partial charge in [0.1, 0.15) is 5.75 Å². The Labute approximate surface area is 117 Å². The molecule has 0 aliphatic heterocycles. The molecule has 2 aromatic rings. The Balaban J connectivity index is 2.43. The summed E-state index contributed by atoms with van der Waals surface area (Å²) in [4.78, 5) is 12.9. The van der Waals surface area contributed by atoms with Crippen molar-refractivity contribution < 1.29 is 14.6 Å². The number of aromatic carboxylic acids is 1. The molecule has 0 aliphatic rings. The van der Waals surface area contributed by atoms with Crippen LogP contribution in [-0.2, 0) is 0 Å².